The zero-order valence-corrected chi connectivity index (χ0v) is 17.6. The van der Waals surface area contributed by atoms with Crippen molar-refractivity contribution >= 4 is 5.97 Å². The summed E-state index contributed by atoms with van der Waals surface area (Å²) in [5.41, 5.74) is 5.48. The van der Waals surface area contributed by atoms with Gasteiger partial charge in [0.25, 0.3) is 0 Å². The predicted octanol–water partition coefficient (Wildman–Crippen LogP) is 5.81. The van der Waals surface area contributed by atoms with Crippen LogP contribution >= 0.6 is 0 Å². The number of aromatic amines is 1. The molecule has 1 N–H and O–H groups in total. The molecule has 5 heteroatoms. The number of ether oxygens (including phenoxy) is 2. The molecule has 3 aromatic carbocycles. The van der Waals surface area contributed by atoms with Gasteiger partial charge in [-0.3, -0.25) is 0 Å². The Morgan fingerprint density at radius 3 is 2.42 bits per heavy atom. The number of carbonyl (C=O) groups excluding carboxylic acids is 1. The van der Waals surface area contributed by atoms with Gasteiger partial charge in [-0.1, -0.05) is 42.5 Å². The number of rotatable bonds is 7. The molecule has 0 atom stereocenters. The monoisotopic (exact) mass is 412 g/mol. The van der Waals surface area contributed by atoms with E-state index in [-0.39, 0.29) is 5.97 Å². The number of benzene rings is 3. The average Bonchev–Trinajstić information content (AvgIpc) is 3.29. The molecule has 5 nitrogen and oxygen atoms in total. The van der Waals surface area contributed by atoms with Gasteiger partial charge >= 0.3 is 5.97 Å². The van der Waals surface area contributed by atoms with E-state index in [4.69, 9.17) is 14.5 Å². The molecule has 4 aromatic rings. The van der Waals surface area contributed by atoms with Gasteiger partial charge in [0.2, 0.25) is 0 Å². The number of esters is 1. The first-order valence-electron chi connectivity index (χ1n) is 10.2. The molecule has 0 fully saturated rings. The lowest BCUT2D eigenvalue weighted by atomic mass is 10.1. The van der Waals surface area contributed by atoms with Gasteiger partial charge in [0.1, 0.15) is 18.2 Å². The van der Waals surface area contributed by atoms with Crippen LogP contribution in [-0.4, -0.2) is 22.5 Å². The van der Waals surface area contributed by atoms with Crippen molar-refractivity contribution in [1.29, 1.82) is 0 Å². The molecule has 0 bridgehead atoms. The molecular weight excluding hydrogens is 388 g/mol. The minimum atomic E-state index is -0.320. The van der Waals surface area contributed by atoms with Crippen LogP contribution in [0, 0.1) is 6.92 Å². The van der Waals surface area contributed by atoms with E-state index in [0.717, 1.165) is 39.5 Å². The summed E-state index contributed by atoms with van der Waals surface area (Å²) in [4.78, 5) is 19.7. The third-order valence-electron chi connectivity index (χ3n) is 4.96. The number of nitrogens with one attached hydrogen (secondary N) is 1. The molecule has 0 aliphatic carbocycles. The number of aromatic nitrogens is 2. The third-order valence-corrected chi connectivity index (χ3v) is 4.96. The topological polar surface area (TPSA) is 64.2 Å². The summed E-state index contributed by atoms with van der Waals surface area (Å²) in [7, 11) is 0. The molecule has 156 valence electrons. The Labute approximate surface area is 181 Å². The molecule has 31 heavy (non-hydrogen) atoms. The maximum atomic E-state index is 11.8. The number of aryl methyl sites for hydroxylation is 1. The van der Waals surface area contributed by atoms with E-state index in [1.165, 1.54) is 0 Å². The lowest BCUT2D eigenvalue weighted by Gasteiger charge is -2.10. The van der Waals surface area contributed by atoms with E-state index in [2.05, 4.69) is 11.1 Å². The van der Waals surface area contributed by atoms with Crippen molar-refractivity contribution in [3.05, 3.63) is 95.7 Å². The first-order chi connectivity index (χ1) is 15.1. The lowest BCUT2D eigenvalue weighted by molar-refractivity contribution is 0.0526. The highest BCUT2D eigenvalue weighted by Crippen LogP contribution is 2.27. The van der Waals surface area contributed by atoms with Crippen LogP contribution in [0.15, 0.2) is 79.0 Å². The van der Waals surface area contributed by atoms with Crippen molar-refractivity contribution in [3.63, 3.8) is 0 Å². The van der Waals surface area contributed by atoms with Crippen LogP contribution in [0.25, 0.3) is 22.6 Å². The Morgan fingerprint density at radius 2 is 1.71 bits per heavy atom. The molecule has 1 heterocycles. The molecule has 0 aliphatic rings. The summed E-state index contributed by atoms with van der Waals surface area (Å²) in [5, 5.41) is 0. The SMILES string of the molecule is CCOC(=O)c1ccc(-c2nc(-c3ccc(OCc4ccccc4)c(C)c3)c[nH]2)cc1. The molecular formula is C26H24N2O3. The Morgan fingerprint density at radius 1 is 0.968 bits per heavy atom. The number of H-pyrrole nitrogens is 1. The smallest absolute Gasteiger partial charge is 0.338 e. The molecule has 0 saturated carbocycles. The fourth-order valence-electron chi connectivity index (χ4n) is 3.30. The van der Waals surface area contributed by atoms with Gasteiger partial charge in [-0.15, -0.1) is 0 Å². The third kappa shape index (κ3) is 4.83. The van der Waals surface area contributed by atoms with E-state index < -0.39 is 0 Å². The molecule has 0 spiro atoms. The van der Waals surface area contributed by atoms with Crippen molar-refractivity contribution in [3.8, 4) is 28.4 Å². The number of nitrogens with zero attached hydrogens (tertiary/aromatic N) is 1. The van der Waals surface area contributed by atoms with Gasteiger partial charge in [-0.2, -0.15) is 0 Å². The van der Waals surface area contributed by atoms with Crippen molar-refractivity contribution in [2.75, 3.05) is 6.61 Å². The van der Waals surface area contributed by atoms with Gasteiger partial charge in [0.15, 0.2) is 0 Å². The van der Waals surface area contributed by atoms with Gasteiger partial charge < -0.3 is 14.5 Å². The second-order valence-electron chi connectivity index (χ2n) is 7.19. The van der Waals surface area contributed by atoms with Crippen LogP contribution in [-0.2, 0) is 11.3 Å². The second-order valence-corrected chi connectivity index (χ2v) is 7.19. The summed E-state index contributed by atoms with van der Waals surface area (Å²) in [6.07, 6.45) is 1.88. The maximum Gasteiger partial charge on any atom is 0.338 e. The number of carbonyl (C=O) groups is 1. The first kappa shape index (κ1) is 20.4. The largest absolute Gasteiger partial charge is 0.489 e. The van der Waals surface area contributed by atoms with E-state index >= 15 is 0 Å². The highest BCUT2D eigenvalue weighted by molar-refractivity contribution is 5.89. The summed E-state index contributed by atoms with van der Waals surface area (Å²) >= 11 is 0. The summed E-state index contributed by atoms with van der Waals surface area (Å²) in [6, 6.07) is 23.4. The van der Waals surface area contributed by atoms with E-state index in [0.29, 0.717) is 18.8 Å². The van der Waals surface area contributed by atoms with Crippen molar-refractivity contribution < 1.29 is 14.3 Å². The summed E-state index contributed by atoms with van der Waals surface area (Å²) in [5.74, 6) is 1.28. The predicted molar refractivity (Wildman–Crippen MR) is 121 cm³/mol. The molecule has 0 aliphatic heterocycles. The first-order valence-corrected chi connectivity index (χ1v) is 10.2. The quantitative estimate of drug-likeness (QED) is 0.389. The molecule has 1 aromatic heterocycles. The van der Waals surface area contributed by atoms with Crippen LogP contribution in [0.2, 0.25) is 0 Å². The Hall–Kier alpha value is -3.86. The van der Waals surface area contributed by atoms with Crippen LogP contribution in [0.4, 0.5) is 0 Å². The highest BCUT2D eigenvalue weighted by Gasteiger charge is 2.10. The maximum absolute atomic E-state index is 11.8. The molecule has 0 amide bonds. The van der Waals surface area contributed by atoms with Crippen LogP contribution in [0.3, 0.4) is 0 Å². The fourth-order valence-corrected chi connectivity index (χ4v) is 3.30. The van der Waals surface area contributed by atoms with Crippen LogP contribution in [0.1, 0.15) is 28.4 Å². The Kier molecular flexibility index (Phi) is 6.13. The molecule has 0 saturated heterocycles. The highest BCUT2D eigenvalue weighted by atomic mass is 16.5. The standard InChI is InChI=1S/C26H24N2O3/c1-3-30-26(29)21-11-9-20(10-12-21)25-27-16-23(28-25)22-13-14-24(18(2)15-22)31-17-19-7-5-4-6-8-19/h4-16H,3,17H2,1-2H3,(H,27,28). The van der Waals surface area contributed by atoms with Gasteiger partial charge in [0.05, 0.1) is 17.9 Å². The Bertz CT molecular complexity index is 1160. The van der Waals surface area contributed by atoms with Crippen LogP contribution < -0.4 is 4.74 Å². The summed E-state index contributed by atoms with van der Waals surface area (Å²) < 4.78 is 11.0. The average molecular weight is 412 g/mol. The summed E-state index contributed by atoms with van der Waals surface area (Å²) in [6.45, 7) is 4.72. The van der Waals surface area contributed by atoms with Crippen LogP contribution in [0.5, 0.6) is 5.75 Å². The minimum Gasteiger partial charge on any atom is -0.489 e. The number of hydrogen-bond acceptors (Lipinski definition) is 4. The van der Waals surface area contributed by atoms with E-state index in [1.54, 1.807) is 19.1 Å². The molecule has 4 rings (SSSR count). The number of hydrogen-bond donors (Lipinski definition) is 1. The second kappa shape index (κ2) is 9.30. The lowest BCUT2D eigenvalue weighted by Crippen LogP contribution is -2.04. The van der Waals surface area contributed by atoms with Gasteiger partial charge in [-0.05, 0) is 55.3 Å². The Balaban J connectivity index is 1.47. The number of imidazole rings is 1. The minimum absolute atomic E-state index is 0.320. The van der Waals surface area contributed by atoms with E-state index in [9.17, 15) is 4.79 Å². The zero-order chi connectivity index (χ0) is 21.6. The van der Waals surface area contributed by atoms with E-state index in [1.807, 2.05) is 67.7 Å². The van der Waals surface area contributed by atoms with Crippen molar-refractivity contribution in [1.82, 2.24) is 9.97 Å². The zero-order valence-electron chi connectivity index (χ0n) is 17.6. The van der Waals surface area contributed by atoms with Gasteiger partial charge in [0, 0.05) is 17.3 Å². The van der Waals surface area contributed by atoms with Crippen molar-refractivity contribution in [2.24, 2.45) is 0 Å². The van der Waals surface area contributed by atoms with Gasteiger partial charge in [-0.25, -0.2) is 9.78 Å². The fraction of sp³-hybridized carbons (Fsp3) is 0.154. The molecule has 0 radical (unpaired) electrons. The van der Waals surface area contributed by atoms with Crippen molar-refractivity contribution in [2.45, 2.75) is 20.5 Å². The normalized spacial score (nSPS) is 10.6. The molecule has 0 unspecified atom stereocenters.